The summed E-state index contributed by atoms with van der Waals surface area (Å²) < 4.78 is 43.6. The van der Waals surface area contributed by atoms with Gasteiger partial charge in [0.25, 0.3) is 5.56 Å². The van der Waals surface area contributed by atoms with Crippen LogP contribution >= 0.6 is 0 Å². The van der Waals surface area contributed by atoms with Gasteiger partial charge >= 0.3 is 12.3 Å². The molecule has 1 aliphatic carbocycles. The Balaban J connectivity index is 1.58. The highest BCUT2D eigenvalue weighted by molar-refractivity contribution is 5.92. The summed E-state index contributed by atoms with van der Waals surface area (Å²) in [6.07, 6.45) is -3.24. The Labute approximate surface area is 169 Å². The number of ether oxygens (including phenoxy) is 1. The number of fused-ring (bicyclic) bond motifs is 2. The molecule has 1 aromatic heterocycles. The van der Waals surface area contributed by atoms with Crippen molar-refractivity contribution in [1.82, 2.24) is 4.57 Å². The van der Waals surface area contributed by atoms with Gasteiger partial charge in [-0.1, -0.05) is 30.3 Å². The van der Waals surface area contributed by atoms with Crippen LogP contribution in [0.2, 0.25) is 0 Å². The molecule has 1 unspecified atom stereocenters. The van der Waals surface area contributed by atoms with Gasteiger partial charge in [0.05, 0.1) is 5.52 Å². The molecule has 5 nitrogen and oxygen atoms in total. The summed E-state index contributed by atoms with van der Waals surface area (Å²) in [5.74, 6) is -1.45. The third kappa shape index (κ3) is 3.90. The predicted octanol–water partition coefficient (Wildman–Crippen LogP) is 4.40. The number of hydrogen-bond acceptors (Lipinski definition) is 3. The zero-order valence-electron chi connectivity index (χ0n) is 15.8. The van der Waals surface area contributed by atoms with Gasteiger partial charge in [0.2, 0.25) is 0 Å². The molecular weight excluding hydrogens is 399 g/mol. The molecular formula is C22H18F3NO4. The molecule has 1 N–H and O–H groups in total. The zero-order chi connectivity index (χ0) is 21.5. The molecule has 1 aliphatic rings. The molecule has 4 rings (SSSR count). The first kappa shape index (κ1) is 20.0. The van der Waals surface area contributed by atoms with Gasteiger partial charge in [-0.15, -0.1) is 13.2 Å². The maximum Gasteiger partial charge on any atom is 0.573 e. The number of carboxylic acids is 1. The van der Waals surface area contributed by atoms with Gasteiger partial charge in [0.1, 0.15) is 11.3 Å². The number of para-hydroxylation sites is 1. The van der Waals surface area contributed by atoms with Crippen molar-refractivity contribution in [2.75, 3.05) is 0 Å². The van der Waals surface area contributed by atoms with Crippen molar-refractivity contribution in [2.24, 2.45) is 5.92 Å². The third-order valence-corrected chi connectivity index (χ3v) is 5.45. The second-order valence-electron chi connectivity index (χ2n) is 7.38. The zero-order valence-corrected chi connectivity index (χ0v) is 15.8. The number of aryl methyl sites for hydroxylation is 1. The van der Waals surface area contributed by atoms with Crippen molar-refractivity contribution >= 4 is 16.9 Å². The molecule has 3 aromatic rings. The van der Waals surface area contributed by atoms with Crippen LogP contribution in [0.4, 0.5) is 13.2 Å². The van der Waals surface area contributed by atoms with E-state index < -0.39 is 17.9 Å². The van der Waals surface area contributed by atoms with Crippen LogP contribution in [0.1, 0.15) is 27.9 Å². The molecule has 0 bridgehead atoms. The van der Waals surface area contributed by atoms with E-state index in [0.29, 0.717) is 35.7 Å². The van der Waals surface area contributed by atoms with Gasteiger partial charge < -0.3 is 14.4 Å². The quantitative estimate of drug-likeness (QED) is 0.668. The van der Waals surface area contributed by atoms with Crippen molar-refractivity contribution in [3.05, 3.63) is 75.6 Å². The van der Waals surface area contributed by atoms with Gasteiger partial charge in [-0.05, 0) is 59.9 Å². The van der Waals surface area contributed by atoms with Crippen LogP contribution < -0.4 is 10.3 Å². The van der Waals surface area contributed by atoms with E-state index in [1.54, 1.807) is 30.3 Å². The SMILES string of the molecule is O=C(O)c1cc2ccccc2n(CCC2Cc3cccc(OC(F)(F)F)c3C2)c1=O. The summed E-state index contributed by atoms with van der Waals surface area (Å²) in [5.41, 5.74) is 1.08. The number of rotatable bonds is 5. The minimum atomic E-state index is -4.75. The number of benzene rings is 2. The lowest BCUT2D eigenvalue weighted by Gasteiger charge is -2.15. The topological polar surface area (TPSA) is 68.5 Å². The molecule has 0 amide bonds. The molecule has 0 saturated heterocycles. The maximum atomic E-state index is 12.7. The molecule has 0 aliphatic heterocycles. The van der Waals surface area contributed by atoms with Crippen LogP contribution in [0.15, 0.2) is 53.3 Å². The van der Waals surface area contributed by atoms with E-state index in [0.717, 1.165) is 5.56 Å². The number of aromatic nitrogens is 1. The Morgan fingerprint density at radius 1 is 1.13 bits per heavy atom. The van der Waals surface area contributed by atoms with E-state index in [9.17, 15) is 27.9 Å². The first-order valence-corrected chi connectivity index (χ1v) is 9.45. The summed E-state index contributed by atoms with van der Waals surface area (Å²) >= 11 is 0. The fraction of sp³-hybridized carbons (Fsp3) is 0.273. The van der Waals surface area contributed by atoms with Crippen LogP contribution in [0.5, 0.6) is 5.75 Å². The molecule has 1 atom stereocenters. The van der Waals surface area contributed by atoms with Crippen LogP contribution in [0.25, 0.3) is 10.9 Å². The summed E-state index contributed by atoms with van der Waals surface area (Å²) in [7, 11) is 0. The van der Waals surface area contributed by atoms with Gasteiger partial charge in [-0.2, -0.15) is 0 Å². The first-order valence-electron chi connectivity index (χ1n) is 9.45. The number of alkyl halides is 3. The lowest BCUT2D eigenvalue weighted by atomic mass is 10.0. The second-order valence-corrected chi connectivity index (χ2v) is 7.38. The molecule has 0 saturated carbocycles. The van der Waals surface area contributed by atoms with Crippen molar-refractivity contribution in [3.8, 4) is 5.75 Å². The van der Waals surface area contributed by atoms with E-state index in [1.807, 2.05) is 0 Å². The highest BCUT2D eigenvalue weighted by Crippen LogP contribution is 2.37. The first-order chi connectivity index (χ1) is 14.2. The van der Waals surface area contributed by atoms with Crippen LogP contribution in [0.3, 0.4) is 0 Å². The van der Waals surface area contributed by atoms with Crippen LogP contribution in [0, 0.1) is 5.92 Å². The van der Waals surface area contributed by atoms with Crippen molar-refractivity contribution in [3.63, 3.8) is 0 Å². The van der Waals surface area contributed by atoms with Gasteiger partial charge in [0.15, 0.2) is 0 Å². The fourth-order valence-corrected chi connectivity index (χ4v) is 4.14. The molecule has 0 radical (unpaired) electrons. The van der Waals surface area contributed by atoms with Gasteiger partial charge in [0, 0.05) is 6.54 Å². The molecule has 0 spiro atoms. The Hall–Kier alpha value is -3.29. The Kier molecular flexibility index (Phi) is 5.01. The maximum absolute atomic E-state index is 12.7. The standard InChI is InChI=1S/C22H18F3NO4/c23-22(24,25)30-19-7-3-5-14-10-13(11-16(14)19)8-9-26-18-6-2-1-4-15(18)12-17(20(26)27)21(28)29/h1-7,12-13H,8-11H2,(H,28,29). The summed E-state index contributed by atoms with van der Waals surface area (Å²) in [6.45, 7) is 0.272. The Bertz CT molecular complexity index is 1180. The largest absolute Gasteiger partial charge is 0.573 e. The van der Waals surface area contributed by atoms with E-state index in [2.05, 4.69) is 4.74 Å². The van der Waals surface area contributed by atoms with Crippen LogP contribution in [-0.2, 0) is 19.4 Å². The highest BCUT2D eigenvalue weighted by atomic mass is 19.4. The van der Waals surface area contributed by atoms with Gasteiger partial charge in [-0.3, -0.25) is 4.79 Å². The summed E-state index contributed by atoms with van der Waals surface area (Å²) in [4.78, 5) is 24.2. The lowest BCUT2D eigenvalue weighted by molar-refractivity contribution is -0.274. The number of halogens is 3. The number of hydrogen-bond donors (Lipinski definition) is 1. The van der Waals surface area contributed by atoms with Crippen molar-refractivity contribution in [2.45, 2.75) is 32.2 Å². The molecule has 1 heterocycles. The number of nitrogens with zero attached hydrogens (tertiary/aromatic N) is 1. The van der Waals surface area contributed by atoms with E-state index in [-0.39, 0.29) is 23.8 Å². The highest BCUT2D eigenvalue weighted by Gasteiger charge is 2.34. The predicted molar refractivity (Wildman–Crippen MR) is 104 cm³/mol. The normalized spacial score (nSPS) is 15.9. The average Bonchev–Trinajstić information content (AvgIpc) is 3.09. The third-order valence-electron chi connectivity index (χ3n) is 5.45. The van der Waals surface area contributed by atoms with Crippen molar-refractivity contribution < 1.29 is 27.8 Å². The number of pyridine rings is 1. The van der Waals surface area contributed by atoms with E-state index in [4.69, 9.17) is 0 Å². The molecule has 156 valence electrons. The average molecular weight is 417 g/mol. The lowest BCUT2D eigenvalue weighted by Crippen LogP contribution is -2.27. The fourth-order valence-electron chi connectivity index (χ4n) is 4.14. The second kappa shape index (κ2) is 7.51. The monoisotopic (exact) mass is 417 g/mol. The van der Waals surface area contributed by atoms with Crippen molar-refractivity contribution in [1.29, 1.82) is 0 Å². The number of carbonyl (C=O) groups is 1. The molecule has 8 heteroatoms. The molecule has 30 heavy (non-hydrogen) atoms. The Morgan fingerprint density at radius 3 is 2.63 bits per heavy atom. The molecule has 2 aromatic carbocycles. The Morgan fingerprint density at radius 2 is 1.90 bits per heavy atom. The van der Waals surface area contributed by atoms with E-state index in [1.165, 1.54) is 22.8 Å². The number of carboxylic acid groups (broad SMARTS) is 1. The summed E-state index contributed by atoms with van der Waals surface area (Å²) in [5, 5.41) is 10.00. The van der Waals surface area contributed by atoms with Crippen LogP contribution in [-0.4, -0.2) is 22.0 Å². The summed E-state index contributed by atoms with van der Waals surface area (Å²) in [6, 6.07) is 13.0. The minimum absolute atomic E-state index is 0.0251. The minimum Gasteiger partial charge on any atom is -0.477 e. The number of aromatic carboxylic acids is 1. The van der Waals surface area contributed by atoms with E-state index >= 15 is 0 Å². The van der Waals surface area contributed by atoms with Gasteiger partial charge in [-0.25, -0.2) is 4.79 Å². The molecule has 0 fully saturated rings. The smallest absolute Gasteiger partial charge is 0.477 e.